The van der Waals surface area contributed by atoms with E-state index < -0.39 is 0 Å². The Morgan fingerprint density at radius 2 is 1.62 bits per heavy atom. The Balaban J connectivity index is 1.29. The molecule has 1 saturated heterocycles. The van der Waals surface area contributed by atoms with Crippen LogP contribution >= 0.6 is 12.2 Å². The standard InChI is InChI=1S/C34H30N4O3S/c1-21-8-4-5-10-29(21)41-26-14-11-24(12-15-26)38-33(32(36-34(38)42)28-9-6-7-17-35-28)27-18-22(2)37(23(27)3)25-13-16-30-31(19-25)40-20-39-30/h4-19,32-33H,20H2,1-3H3,(H,36,42)/t32-,33+/m1/s1. The molecule has 2 aromatic heterocycles. The van der Waals surface area contributed by atoms with Gasteiger partial charge in [0, 0.05) is 35.0 Å². The SMILES string of the molecule is Cc1ccccc1Oc1ccc(N2C(=S)N[C@H](c3ccccn3)[C@@H]2c2cc(C)n(-c3ccc4c(c3)OCO4)c2C)cc1. The molecule has 210 valence electrons. The number of hydrogen-bond donors (Lipinski definition) is 1. The van der Waals surface area contributed by atoms with Crippen molar-refractivity contribution in [2.45, 2.75) is 32.9 Å². The Kier molecular flexibility index (Phi) is 6.55. The second-order valence-electron chi connectivity index (χ2n) is 10.6. The summed E-state index contributed by atoms with van der Waals surface area (Å²) >= 11 is 5.98. The van der Waals surface area contributed by atoms with E-state index in [0.29, 0.717) is 5.11 Å². The maximum Gasteiger partial charge on any atom is 0.231 e. The summed E-state index contributed by atoms with van der Waals surface area (Å²) in [4.78, 5) is 6.91. The van der Waals surface area contributed by atoms with Crippen LogP contribution in [0.5, 0.6) is 23.0 Å². The van der Waals surface area contributed by atoms with Crippen LogP contribution in [0.15, 0.2) is 97.2 Å². The fourth-order valence-electron chi connectivity index (χ4n) is 5.93. The van der Waals surface area contributed by atoms with Gasteiger partial charge in [-0.15, -0.1) is 0 Å². The molecule has 7 nitrogen and oxygen atoms in total. The predicted molar refractivity (Wildman–Crippen MR) is 167 cm³/mol. The third-order valence-corrected chi connectivity index (χ3v) is 8.25. The van der Waals surface area contributed by atoms with E-state index in [1.165, 1.54) is 0 Å². The predicted octanol–water partition coefficient (Wildman–Crippen LogP) is 7.50. The van der Waals surface area contributed by atoms with Crippen molar-refractivity contribution >= 4 is 23.0 Å². The molecule has 0 amide bonds. The molecule has 0 saturated carbocycles. The molecule has 1 fully saturated rings. The van der Waals surface area contributed by atoms with Crippen molar-refractivity contribution in [3.63, 3.8) is 0 Å². The number of anilines is 1. The normalized spacial score (nSPS) is 17.4. The molecule has 2 aliphatic heterocycles. The quantitative estimate of drug-likeness (QED) is 0.211. The first kappa shape index (κ1) is 26.1. The highest BCUT2D eigenvalue weighted by Gasteiger charge is 2.42. The van der Waals surface area contributed by atoms with Gasteiger partial charge in [-0.1, -0.05) is 24.3 Å². The summed E-state index contributed by atoms with van der Waals surface area (Å²) in [7, 11) is 0. The van der Waals surface area contributed by atoms with Crippen LogP contribution < -0.4 is 24.4 Å². The highest BCUT2D eigenvalue weighted by atomic mass is 32.1. The van der Waals surface area contributed by atoms with Crippen LogP contribution in [-0.2, 0) is 0 Å². The Hall–Kier alpha value is -4.82. The van der Waals surface area contributed by atoms with Crippen LogP contribution in [0.3, 0.4) is 0 Å². The van der Waals surface area contributed by atoms with Gasteiger partial charge in [-0.3, -0.25) is 4.98 Å². The summed E-state index contributed by atoms with van der Waals surface area (Å²) in [5, 5.41) is 4.23. The number of aryl methyl sites for hydroxylation is 2. The molecule has 0 unspecified atom stereocenters. The number of fused-ring (bicyclic) bond motifs is 1. The third-order valence-electron chi connectivity index (χ3n) is 7.94. The number of thiocarbonyl (C=S) groups is 1. The molecule has 7 rings (SSSR count). The van der Waals surface area contributed by atoms with Gasteiger partial charge in [-0.2, -0.15) is 0 Å². The Morgan fingerprint density at radius 1 is 0.857 bits per heavy atom. The third kappa shape index (κ3) is 4.54. The van der Waals surface area contributed by atoms with E-state index in [-0.39, 0.29) is 18.9 Å². The monoisotopic (exact) mass is 574 g/mol. The van der Waals surface area contributed by atoms with Gasteiger partial charge >= 0.3 is 0 Å². The summed E-state index contributed by atoms with van der Waals surface area (Å²) < 4.78 is 19.7. The van der Waals surface area contributed by atoms with Gasteiger partial charge in [-0.25, -0.2) is 0 Å². The van der Waals surface area contributed by atoms with Gasteiger partial charge in [-0.05, 0) is 105 Å². The number of ether oxygens (including phenoxy) is 3. The van der Waals surface area contributed by atoms with Gasteiger partial charge in [0.05, 0.1) is 17.8 Å². The van der Waals surface area contributed by atoms with Crippen molar-refractivity contribution in [1.82, 2.24) is 14.9 Å². The lowest BCUT2D eigenvalue weighted by Crippen LogP contribution is -2.29. The van der Waals surface area contributed by atoms with E-state index in [9.17, 15) is 0 Å². The molecular weight excluding hydrogens is 544 g/mol. The Morgan fingerprint density at radius 3 is 2.40 bits per heavy atom. The molecule has 8 heteroatoms. The molecule has 0 bridgehead atoms. The van der Waals surface area contributed by atoms with Crippen LogP contribution in [0, 0.1) is 20.8 Å². The van der Waals surface area contributed by atoms with E-state index in [2.05, 4.69) is 52.9 Å². The molecule has 0 radical (unpaired) electrons. The summed E-state index contributed by atoms with van der Waals surface area (Å²) in [5.74, 6) is 3.13. The average Bonchev–Trinajstić information content (AvgIpc) is 3.69. The number of nitrogens with zero attached hydrogens (tertiary/aromatic N) is 3. The lowest BCUT2D eigenvalue weighted by atomic mass is 9.96. The summed E-state index contributed by atoms with van der Waals surface area (Å²) in [6.07, 6.45) is 1.83. The summed E-state index contributed by atoms with van der Waals surface area (Å²) in [6.45, 7) is 6.56. The van der Waals surface area contributed by atoms with Crippen molar-refractivity contribution in [2.75, 3.05) is 11.7 Å². The summed E-state index contributed by atoms with van der Waals surface area (Å²) in [6, 6.07) is 30.1. The molecule has 3 aromatic carbocycles. The van der Waals surface area contributed by atoms with Crippen molar-refractivity contribution in [3.8, 4) is 28.7 Å². The topological polar surface area (TPSA) is 60.8 Å². The number of rotatable bonds is 6. The maximum atomic E-state index is 6.17. The van der Waals surface area contributed by atoms with Crippen molar-refractivity contribution in [2.24, 2.45) is 0 Å². The number of benzene rings is 3. The lowest BCUT2D eigenvalue weighted by molar-refractivity contribution is 0.174. The molecule has 42 heavy (non-hydrogen) atoms. The van der Waals surface area contributed by atoms with Gasteiger partial charge < -0.3 is 29.0 Å². The van der Waals surface area contributed by atoms with E-state index in [4.69, 9.17) is 31.4 Å². The van der Waals surface area contributed by atoms with Crippen LogP contribution in [0.25, 0.3) is 5.69 Å². The van der Waals surface area contributed by atoms with Crippen LogP contribution in [0.2, 0.25) is 0 Å². The van der Waals surface area contributed by atoms with Crippen molar-refractivity contribution < 1.29 is 14.2 Å². The van der Waals surface area contributed by atoms with Crippen molar-refractivity contribution in [3.05, 3.63) is 125 Å². The zero-order valence-electron chi connectivity index (χ0n) is 23.6. The van der Waals surface area contributed by atoms with Crippen LogP contribution in [-0.4, -0.2) is 21.5 Å². The fraction of sp³-hybridized carbons (Fsp3) is 0.176. The molecule has 2 atom stereocenters. The number of nitrogens with one attached hydrogen (secondary N) is 1. The molecule has 2 aliphatic rings. The molecule has 4 heterocycles. The first-order valence-corrected chi connectivity index (χ1v) is 14.3. The lowest BCUT2D eigenvalue weighted by Gasteiger charge is -2.28. The van der Waals surface area contributed by atoms with Crippen LogP contribution in [0.1, 0.15) is 40.3 Å². The van der Waals surface area contributed by atoms with E-state index in [1.807, 2.05) is 79.9 Å². The van der Waals surface area contributed by atoms with E-state index in [0.717, 1.165) is 62.6 Å². The Labute approximate surface area is 250 Å². The zero-order chi connectivity index (χ0) is 28.8. The second kappa shape index (κ2) is 10.5. The molecule has 5 aromatic rings. The fourth-order valence-corrected chi connectivity index (χ4v) is 6.28. The van der Waals surface area contributed by atoms with Crippen LogP contribution in [0.4, 0.5) is 5.69 Å². The van der Waals surface area contributed by atoms with E-state index in [1.54, 1.807) is 0 Å². The van der Waals surface area contributed by atoms with E-state index >= 15 is 0 Å². The highest BCUT2D eigenvalue weighted by molar-refractivity contribution is 7.80. The van der Waals surface area contributed by atoms with Gasteiger partial charge in [0.25, 0.3) is 0 Å². The van der Waals surface area contributed by atoms with Gasteiger partial charge in [0.15, 0.2) is 16.6 Å². The molecule has 0 spiro atoms. The summed E-state index contributed by atoms with van der Waals surface area (Å²) in [5.41, 5.74) is 7.40. The largest absolute Gasteiger partial charge is 0.457 e. The minimum atomic E-state index is -0.146. The average molecular weight is 575 g/mol. The first-order valence-electron chi connectivity index (χ1n) is 13.9. The number of hydrogen-bond acceptors (Lipinski definition) is 5. The van der Waals surface area contributed by atoms with Gasteiger partial charge in [0.2, 0.25) is 6.79 Å². The molecule has 0 aliphatic carbocycles. The highest BCUT2D eigenvalue weighted by Crippen LogP contribution is 2.44. The molecular formula is C34H30N4O3S. The Bertz CT molecular complexity index is 1790. The molecule has 1 N–H and O–H groups in total. The minimum absolute atomic E-state index is 0.135. The smallest absolute Gasteiger partial charge is 0.231 e. The second-order valence-corrected chi connectivity index (χ2v) is 10.9. The minimum Gasteiger partial charge on any atom is -0.457 e. The van der Waals surface area contributed by atoms with Crippen molar-refractivity contribution in [1.29, 1.82) is 0 Å². The number of pyridine rings is 1. The van der Waals surface area contributed by atoms with Gasteiger partial charge in [0.1, 0.15) is 11.5 Å². The maximum absolute atomic E-state index is 6.17. The number of para-hydroxylation sites is 1. The zero-order valence-corrected chi connectivity index (χ0v) is 24.4. The number of aromatic nitrogens is 2. The first-order chi connectivity index (χ1) is 20.5.